The fourth-order valence-electron chi connectivity index (χ4n) is 2.95. The number of rotatable bonds is 1. The van der Waals surface area contributed by atoms with Crippen LogP contribution in [0.5, 0.6) is 0 Å². The van der Waals surface area contributed by atoms with Gasteiger partial charge in [0.2, 0.25) is 0 Å². The molecule has 2 N–H and O–H groups in total. The summed E-state index contributed by atoms with van der Waals surface area (Å²) in [5.41, 5.74) is 7.65. The Bertz CT molecular complexity index is 663. The molecule has 0 amide bonds. The molecule has 1 aromatic heterocycles. The van der Waals surface area contributed by atoms with E-state index in [2.05, 4.69) is 4.98 Å². The first-order valence-electron chi connectivity index (χ1n) is 6.77. The molecular weight excluding hydrogens is 260 g/mol. The number of hydrogen-bond acceptors (Lipinski definition) is 2. The Morgan fingerprint density at radius 2 is 2.10 bits per heavy atom. The van der Waals surface area contributed by atoms with Crippen molar-refractivity contribution in [3.63, 3.8) is 0 Å². The number of halogens is 2. The Hall–Kier alpha value is -1.75. The van der Waals surface area contributed by atoms with E-state index in [0.717, 1.165) is 36.5 Å². The smallest absolute Gasteiger partial charge is 0.132 e. The van der Waals surface area contributed by atoms with E-state index in [1.165, 1.54) is 6.07 Å². The molecule has 0 spiro atoms. The van der Waals surface area contributed by atoms with E-state index >= 15 is 0 Å². The van der Waals surface area contributed by atoms with Crippen LogP contribution >= 0.6 is 0 Å². The van der Waals surface area contributed by atoms with E-state index in [9.17, 15) is 8.78 Å². The van der Waals surface area contributed by atoms with Gasteiger partial charge in [-0.25, -0.2) is 13.8 Å². The molecule has 3 nitrogen and oxygen atoms in total. The zero-order valence-corrected chi connectivity index (χ0v) is 11.5. The molecule has 3 rings (SSSR count). The fourth-order valence-corrected chi connectivity index (χ4v) is 2.95. The van der Waals surface area contributed by atoms with Gasteiger partial charge < -0.3 is 10.3 Å². The number of fused-ring (bicyclic) bond motifs is 1. The number of aryl methyl sites for hydroxylation is 1. The summed E-state index contributed by atoms with van der Waals surface area (Å²) in [4.78, 5) is 4.51. The van der Waals surface area contributed by atoms with Crippen LogP contribution in [0.4, 0.5) is 8.78 Å². The Kier molecular flexibility index (Phi) is 3.09. The van der Waals surface area contributed by atoms with Crippen LogP contribution in [0.25, 0.3) is 11.3 Å². The van der Waals surface area contributed by atoms with Gasteiger partial charge in [-0.3, -0.25) is 0 Å². The van der Waals surface area contributed by atoms with Crippen molar-refractivity contribution in [3.8, 4) is 11.3 Å². The minimum Gasteiger partial charge on any atom is -0.327 e. The zero-order valence-electron chi connectivity index (χ0n) is 11.5. The number of imidazole rings is 1. The van der Waals surface area contributed by atoms with Crippen LogP contribution in [0.15, 0.2) is 18.2 Å². The standard InChI is InChI=1S/C15H17F2N3/c1-8-13(18)5-6-14-19-15(9(2)20(8)14)11-7-10(16)3-4-12(11)17/h3-4,7-8,13H,5-6,18H2,1-2H3. The van der Waals surface area contributed by atoms with Crippen LogP contribution in [0.1, 0.15) is 30.9 Å². The molecule has 20 heavy (non-hydrogen) atoms. The Morgan fingerprint density at radius 3 is 2.85 bits per heavy atom. The first kappa shape index (κ1) is 13.2. The molecule has 0 radical (unpaired) electrons. The summed E-state index contributed by atoms with van der Waals surface area (Å²) in [6.45, 7) is 3.92. The highest BCUT2D eigenvalue weighted by molar-refractivity contribution is 5.63. The van der Waals surface area contributed by atoms with E-state index in [4.69, 9.17) is 5.73 Å². The first-order valence-corrected chi connectivity index (χ1v) is 6.77. The average Bonchev–Trinajstić information content (AvgIpc) is 2.75. The van der Waals surface area contributed by atoms with Crippen LogP contribution in [-0.2, 0) is 6.42 Å². The van der Waals surface area contributed by atoms with Crippen LogP contribution in [0.3, 0.4) is 0 Å². The fraction of sp³-hybridized carbons (Fsp3) is 0.400. The molecule has 0 aliphatic carbocycles. The summed E-state index contributed by atoms with van der Waals surface area (Å²) < 4.78 is 29.3. The molecule has 0 fully saturated rings. The number of nitrogens with two attached hydrogens (primary N) is 1. The minimum absolute atomic E-state index is 0.0700. The van der Waals surface area contributed by atoms with Gasteiger partial charge in [0.15, 0.2) is 0 Å². The Balaban J connectivity index is 2.17. The van der Waals surface area contributed by atoms with Gasteiger partial charge in [0, 0.05) is 29.8 Å². The van der Waals surface area contributed by atoms with Crippen molar-refractivity contribution in [3.05, 3.63) is 41.4 Å². The monoisotopic (exact) mass is 277 g/mol. The minimum atomic E-state index is -0.462. The van der Waals surface area contributed by atoms with Crippen molar-refractivity contribution in [2.75, 3.05) is 0 Å². The summed E-state index contributed by atoms with van der Waals surface area (Å²) in [6.07, 6.45) is 1.63. The maximum atomic E-state index is 13.9. The largest absolute Gasteiger partial charge is 0.327 e. The third kappa shape index (κ3) is 1.93. The van der Waals surface area contributed by atoms with Crippen molar-refractivity contribution in [1.82, 2.24) is 9.55 Å². The van der Waals surface area contributed by atoms with E-state index < -0.39 is 11.6 Å². The van der Waals surface area contributed by atoms with E-state index in [1.807, 2.05) is 18.4 Å². The lowest BCUT2D eigenvalue weighted by molar-refractivity contribution is 0.363. The molecule has 0 saturated heterocycles. The van der Waals surface area contributed by atoms with E-state index in [0.29, 0.717) is 5.69 Å². The second-order valence-electron chi connectivity index (χ2n) is 5.40. The summed E-state index contributed by atoms with van der Waals surface area (Å²) >= 11 is 0. The molecule has 2 unspecified atom stereocenters. The normalized spacial score (nSPS) is 21.9. The molecule has 5 heteroatoms. The Morgan fingerprint density at radius 1 is 1.35 bits per heavy atom. The molecular formula is C15H17F2N3. The van der Waals surface area contributed by atoms with Gasteiger partial charge in [0.05, 0.1) is 5.69 Å². The highest BCUT2D eigenvalue weighted by atomic mass is 19.1. The predicted molar refractivity (Wildman–Crippen MR) is 73.3 cm³/mol. The molecule has 106 valence electrons. The van der Waals surface area contributed by atoms with Crippen LogP contribution in [-0.4, -0.2) is 15.6 Å². The van der Waals surface area contributed by atoms with Crippen molar-refractivity contribution in [1.29, 1.82) is 0 Å². The summed E-state index contributed by atoms with van der Waals surface area (Å²) in [7, 11) is 0. The lowest BCUT2D eigenvalue weighted by Gasteiger charge is -2.29. The molecule has 1 aromatic carbocycles. The number of nitrogens with zero attached hydrogens (tertiary/aromatic N) is 2. The lowest BCUT2D eigenvalue weighted by Crippen LogP contribution is -2.36. The van der Waals surface area contributed by atoms with Gasteiger partial charge in [-0.1, -0.05) is 0 Å². The second kappa shape index (κ2) is 4.66. The summed E-state index contributed by atoms with van der Waals surface area (Å²) in [5, 5.41) is 0. The third-order valence-corrected chi connectivity index (χ3v) is 4.13. The van der Waals surface area contributed by atoms with Gasteiger partial charge in [-0.05, 0) is 38.5 Å². The van der Waals surface area contributed by atoms with Gasteiger partial charge >= 0.3 is 0 Å². The van der Waals surface area contributed by atoms with Gasteiger partial charge in [0.1, 0.15) is 17.5 Å². The highest BCUT2D eigenvalue weighted by Gasteiger charge is 2.28. The van der Waals surface area contributed by atoms with Crippen LogP contribution in [0.2, 0.25) is 0 Å². The van der Waals surface area contributed by atoms with Crippen molar-refractivity contribution < 1.29 is 8.78 Å². The number of aromatic nitrogens is 2. The quantitative estimate of drug-likeness (QED) is 0.871. The van der Waals surface area contributed by atoms with Gasteiger partial charge in [-0.15, -0.1) is 0 Å². The maximum absolute atomic E-state index is 13.9. The SMILES string of the molecule is Cc1c(-c2cc(F)ccc2F)nc2n1C(C)C(N)CC2. The predicted octanol–water partition coefficient (Wildman–Crippen LogP) is 2.97. The van der Waals surface area contributed by atoms with Gasteiger partial charge in [0.25, 0.3) is 0 Å². The summed E-state index contributed by atoms with van der Waals surface area (Å²) in [6, 6.07) is 3.64. The van der Waals surface area contributed by atoms with E-state index in [-0.39, 0.29) is 17.6 Å². The highest BCUT2D eigenvalue weighted by Crippen LogP contribution is 2.32. The maximum Gasteiger partial charge on any atom is 0.132 e. The van der Waals surface area contributed by atoms with Crippen LogP contribution in [0, 0.1) is 18.6 Å². The molecule has 1 aliphatic heterocycles. The molecule has 0 bridgehead atoms. The lowest BCUT2D eigenvalue weighted by atomic mass is 10.0. The van der Waals surface area contributed by atoms with Crippen molar-refractivity contribution in [2.24, 2.45) is 5.73 Å². The molecule has 2 aromatic rings. The van der Waals surface area contributed by atoms with E-state index in [1.54, 1.807) is 0 Å². The van der Waals surface area contributed by atoms with Crippen molar-refractivity contribution >= 4 is 0 Å². The molecule has 1 aliphatic rings. The van der Waals surface area contributed by atoms with Gasteiger partial charge in [-0.2, -0.15) is 0 Å². The molecule has 0 saturated carbocycles. The van der Waals surface area contributed by atoms with Crippen LogP contribution < -0.4 is 5.73 Å². The number of hydrogen-bond donors (Lipinski definition) is 1. The first-order chi connectivity index (χ1) is 9.49. The summed E-state index contributed by atoms with van der Waals surface area (Å²) in [5.74, 6) is -0.0196. The topological polar surface area (TPSA) is 43.8 Å². The number of benzene rings is 1. The van der Waals surface area contributed by atoms with Crippen molar-refractivity contribution in [2.45, 2.75) is 38.8 Å². The zero-order chi connectivity index (χ0) is 14.4. The molecule has 2 atom stereocenters. The average molecular weight is 277 g/mol. The third-order valence-electron chi connectivity index (χ3n) is 4.13. The Labute approximate surface area is 116 Å². The second-order valence-corrected chi connectivity index (χ2v) is 5.40. The molecule has 2 heterocycles.